The molecule has 0 bridgehead atoms. The molecule has 0 fully saturated rings. The van der Waals surface area contributed by atoms with Gasteiger partial charge in [0.1, 0.15) is 0 Å². The molecule has 32 heavy (non-hydrogen) atoms. The van der Waals surface area contributed by atoms with Crippen LogP contribution in [0.5, 0.6) is 0 Å². The molecule has 6 rings (SSSR count). The van der Waals surface area contributed by atoms with Crippen LogP contribution in [-0.4, -0.2) is 0 Å². The monoisotopic (exact) mass is 416 g/mol. The molecule has 0 aromatic heterocycles. The van der Waals surface area contributed by atoms with E-state index in [0.29, 0.717) is 0 Å². The number of rotatable bonds is 2. The highest BCUT2D eigenvalue weighted by Gasteiger charge is 2.37. The summed E-state index contributed by atoms with van der Waals surface area (Å²) in [5.74, 6) is 6.72. The van der Waals surface area contributed by atoms with Gasteiger partial charge >= 0.3 is 0 Å². The highest BCUT2D eigenvalue weighted by molar-refractivity contribution is 5.85. The van der Waals surface area contributed by atoms with Crippen LogP contribution in [0.25, 0.3) is 22.3 Å². The molecule has 2 aliphatic rings. The molecule has 0 atom stereocenters. The Bertz CT molecular complexity index is 1390. The predicted octanol–water partition coefficient (Wildman–Crippen LogP) is 7.31. The van der Waals surface area contributed by atoms with Gasteiger partial charge in [0.2, 0.25) is 0 Å². The molecule has 0 heterocycles. The van der Waals surface area contributed by atoms with E-state index < -0.39 is 0 Å². The number of fused-ring (bicyclic) bond motifs is 6. The van der Waals surface area contributed by atoms with Crippen LogP contribution in [-0.2, 0) is 10.8 Å². The summed E-state index contributed by atoms with van der Waals surface area (Å²) in [6.45, 7) is 9.21. The molecule has 0 unspecified atom stereocenters. The van der Waals surface area contributed by atoms with Crippen LogP contribution in [0.3, 0.4) is 0 Å². The van der Waals surface area contributed by atoms with Crippen molar-refractivity contribution in [3.63, 3.8) is 0 Å². The fourth-order valence-electron chi connectivity index (χ4n) is 5.85. The van der Waals surface area contributed by atoms with E-state index in [2.05, 4.69) is 113 Å². The maximum Gasteiger partial charge on any atom is 0.0581 e. The zero-order valence-electron chi connectivity index (χ0n) is 19.1. The Morgan fingerprint density at radius 2 is 0.969 bits per heavy atom. The molecule has 0 saturated carbocycles. The lowest BCUT2D eigenvalue weighted by atomic mass is 9.82. The van der Waals surface area contributed by atoms with Crippen molar-refractivity contribution in [2.75, 3.05) is 5.01 Å². The summed E-state index contributed by atoms with van der Waals surface area (Å²) in [7, 11) is 0. The molecule has 2 nitrogen and oxygen atoms in total. The zero-order valence-corrected chi connectivity index (χ0v) is 19.1. The molecule has 0 amide bonds. The highest BCUT2D eigenvalue weighted by Crippen LogP contribution is 2.51. The summed E-state index contributed by atoms with van der Waals surface area (Å²) in [5.41, 5.74) is 12.7. The second-order valence-electron chi connectivity index (χ2n) is 10.2. The number of nitrogens with two attached hydrogens (primary N) is 1. The maximum absolute atomic E-state index is 6.72. The van der Waals surface area contributed by atoms with Gasteiger partial charge in [0.15, 0.2) is 0 Å². The average Bonchev–Trinajstić information content (AvgIpc) is 3.18. The first-order valence-corrected chi connectivity index (χ1v) is 11.3. The van der Waals surface area contributed by atoms with Gasteiger partial charge in [0.25, 0.3) is 0 Å². The fourth-order valence-corrected chi connectivity index (χ4v) is 5.85. The second-order valence-corrected chi connectivity index (χ2v) is 10.2. The standard InChI is InChI=1S/C30H28N2/c1-29(2)26-12-8-6-10-22(26)24-17-19(14-16-27(24)29)32(31)20-13-15-23-21-9-5-7-11-25(21)30(3,4)28(23)18-20/h5-18H,31H2,1-4H3. The fraction of sp³-hybridized carbons (Fsp3) is 0.200. The number of benzene rings is 4. The van der Waals surface area contributed by atoms with E-state index in [0.717, 1.165) is 11.4 Å². The number of hydrogen-bond acceptors (Lipinski definition) is 2. The highest BCUT2D eigenvalue weighted by atomic mass is 15.4. The Balaban J connectivity index is 1.44. The average molecular weight is 417 g/mol. The molecule has 0 aliphatic heterocycles. The van der Waals surface area contributed by atoms with Gasteiger partial charge in [-0.3, -0.25) is 5.01 Å². The van der Waals surface area contributed by atoms with E-state index in [9.17, 15) is 0 Å². The molecule has 2 heteroatoms. The van der Waals surface area contributed by atoms with Gasteiger partial charge < -0.3 is 0 Å². The number of hydrogen-bond donors (Lipinski definition) is 1. The molecule has 0 saturated heterocycles. The van der Waals surface area contributed by atoms with Crippen LogP contribution in [0.4, 0.5) is 11.4 Å². The lowest BCUT2D eigenvalue weighted by Crippen LogP contribution is -2.26. The third-order valence-electron chi connectivity index (χ3n) is 7.69. The van der Waals surface area contributed by atoms with Gasteiger partial charge in [0.05, 0.1) is 11.4 Å². The molecular weight excluding hydrogens is 388 g/mol. The minimum absolute atomic E-state index is 0.00720. The van der Waals surface area contributed by atoms with E-state index in [1.165, 1.54) is 44.5 Å². The molecule has 158 valence electrons. The topological polar surface area (TPSA) is 29.3 Å². The molecule has 2 aliphatic carbocycles. The summed E-state index contributed by atoms with van der Waals surface area (Å²) in [6.07, 6.45) is 0. The third kappa shape index (κ3) is 2.44. The molecule has 4 aromatic carbocycles. The Labute approximate surface area is 190 Å². The van der Waals surface area contributed by atoms with Crippen LogP contribution >= 0.6 is 0 Å². The summed E-state index contributed by atoms with van der Waals surface area (Å²) in [5, 5.41) is 1.83. The largest absolute Gasteiger partial charge is 0.280 e. The van der Waals surface area contributed by atoms with Crippen molar-refractivity contribution in [3.05, 3.63) is 107 Å². The molecule has 0 radical (unpaired) electrons. The van der Waals surface area contributed by atoms with Crippen LogP contribution in [0.1, 0.15) is 49.9 Å². The van der Waals surface area contributed by atoms with Gasteiger partial charge in [0, 0.05) is 10.8 Å². The van der Waals surface area contributed by atoms with Crippen molar-refractivity contribution in [2.45, 2.75) is 38.5 Å². The Morgan fingerprint density at radius 3 is 1.66 bits per heavy atom. The Morgan fingerprint density at radius 1 is 0.500 bits per heavy atom. The number of anilines is 2. The lowest BCUT2D eigenvalue weighted by Gasteiger charge is -2.25. The van der Waals surface area contributed by atoms with Crippen molar-refractivity contribution < 1.29 is 0 Å². The van der Waals surface area contributed by atoms with Gasteiger partial charge in [-0.1, -0.05) is 88.4 Å². The van der Waals surface area contributed by atoms with Gasteiger partial charge in [-0.25, -0.2) is 5.84 Å². The normalized spacial score (nSPS) is 16.2. The smallest absolute Gasteiger partial charge is 0.0581 e. The Hall–Kier alpha value is -3.36. The third-order valence-corrected chi connectivity index (χ3v) is 7.69. The first kappa shape index (κ1) is 19.3. The van der Waals surface area contributed by atoms with E-state index in [-0.39, 0.29) is 10.8 Å². The van der Waals surface area contributed by atoms with E-state index in [1.807, 2.05) is 5.01 Å². The summed E-state index contributed by atoms with van der Waals surface area (Å²) >= 11 is 0. The van der Waals surface area contributed by atoms with Crippen molar-refractivity contribution in [2.24, 2.45) is 5.84 Å². The summed E-state index contributed by atoms with van der Waals surface area (Å²) in [4.78, 5) is 0. The molecule has 2 N–H and O–H groups in total. The summed E-state index contributed by atoms with van der Waals surface area (Å²) < 4.78 is 0. The zero-order chi connectivity index (χ0) is 22.3. The van der Waals surface area contributed by atoms with Crippen molar-refractivity contribution in [1.29, 1.82) is 0 Å². The van der Waals surface area contributed by atoms with Crippen molar-refractivity contribution in [1.82, 2.24) is 0 Å². The molecule has 4 aromatic rings. The van der Waals surface area contributed by atoms with Crippen molar-refractivity contribution >= 4 is 11.4 Å². The Kier molecular flexibility index (Phi) is 3.83. The van der Waals surface area contributed by atoms with Crippen LogP contribution in [0.15, 0.2) is 84.9 Å². The van der Waals surface area contributed by atoms with Gasteiger partial charge in [-0.05, 0) is 68.8 Å². The molecular formula is C30H28N2. The van der Waals surface area contributed by atoms with E-state index in [4.69, 9.17) is 5.84 Å². The first-order valence-electron chi connectivity index (χ1n) is 11.3. The summed E-state index contributed by atoms with van der Waals surface area (Å²) in [6, 6.07) is 30.7. The minimum atomic E-state index is -0.0380. The lowest BCUT2D eigenvalue weighted by molar-refractivity contribution is 0.659. The SMILES string of the molecule is CC1(C)c2ccccc2-c2cc(N(N)c3ccc4c(c3)C(C)(C)c3ccccc3-4)ccc21. The minimum Gasteiger partial charge on any atom is -0.280 e. The van der Waals surface area contributed by atoms with E-state index >= 15 is 0 Å². The van der Waals surface area contributed by atoms with Crippen LogP contribution in [0, 0.1) is 0 Å². The van der Waals surface area contributed by atoms with Gasteiger partial charge in [-0.2, -0.15) is 0 Å². The van der Waals surface area contributed by atoms with Crippen LogP contribution in [0.2, 0.25) is 0 Å². The number of nitrogens with zero attached hydrogens (tertiary/aromatic N) is 1. The quantitative estimate of drug-likeness (QED) is 0.274. The van der Waals surface area contributed by atoms with E-state index in [1.54, 1.807) is 0 Å². The van der Waals surface area contributed by atoms with Crippen molar-refractivity contribution in [3.8, 4) is 22.3 Å². The van der Waals surface area contributed by atoms with Crippen LogP contribution < -0.4 is 10.9 Å². The number of hydrazine groups is 1. The predicted molar refractivity (Wildman–Crippen MR) is 134 cm³/mol. The maximum atomic E-state index is 6.72. The first-order chi connectivity index (χ1) is 15.3. The molecule has 0 spiro atoms. The second kappa shape index (κ2) is 6.34. The van der Waals surface area contributed by atoms with Gasteiger partial charge in [-0.15, -0.1) is 0 Å².